The third-order valence-corrected chi connectivity index (χ3v) is 8.21. The van der Waals surface area contributed by atoms with Gasteiger partial charge in [0.15, 0.2) is 69.8 Å². The van der Waals surface area contributed by atoms with Crippen molar-refractivity contribution in [2.24, 2.45) is 0 Å². The molecule has 0 aliphatic heterocycles. The van der Waals surface area contributed by atoms with Crippen molar-refractivity contribution in [3.8, 4) is 0 Å². The molecule has 0 saturated carbocycles. The third kappa shape index (κ3) is 6.30. The van der Waals surface area contributed by atoms with Crippen LogP contribution < -0.4 is 21.9 Å². The maximum absolute atomic E-state index is 15.4. The molecular formula is C32H11BF20S. The van der Waals surface area contributed by atoms with Gasteiger partial charge in [-0.3, -0.25) is 0 Å². The minimum Gasteiger partial charge on any atom is -0.207 e. The highest BCUT2D eigenvalue weighted by atomic mass is 32.1. The fourth-order valence-electron chi connectivity index (χ4n) is 5.66. The Hall–Kier alpha value is -4.89. The molecule has 0 radical (unpaired) electrons. The molecule has 0 N–H and O–H groups in total. The van der Waals surface area contributed by atoms with E-state index in [0.717, 1.165) is 12.2 Å². The molecule has 288 valence electrons. The van der Waals surface area contributed by atoms with Crippen LogP contribution in [0.15, 0.2) is 30.3 Å². The molecule has 0 saturated heterocycles. The molecule has 0 unspecified atom stereocenters. The summed E-state index contributed by atoms with van der Waals surface area (Å²) in [5.41, 5.74) is -12.9. The number of aryl methyl sites for hydroxylation is 1. The van der Waals surface area contributed by atoms with Crippen LogP contribution in [0.25, 0.3) is 0 Å². The first-order valence-corrected chi connectivity index (χ1v) is 14.8. The molecule has 0 atom stereocenters. The minimum atomic E-state index is -7.22. The molecule has 5 aromatic rings. The van der Waals surface area contributed by atoms with E-state index in [9.17, 15) is 52.7 Å². The van der Waals surface area contributed by atoms with Gasteiger partial charge in [0.2, 0.25) is 0 Å². The number of rotatable bonds is 6. The zero-order valence-electron chi connectivity index (χ0n) is 25.4. The van der Waals surface area contributed by atoms with Gasteiger partial charge in [0.1, 0.15) is 58.4 Å². The maximum atomic E-state index is 15.4. The molecular weight excluding hydrogens is 807 g/mol. The van der Waals surface area contributed by atoms with Gasteiger partial charge in [-0.15, -0.1) is 21.9 Å². The highest BCUT2D eigenvalue weighted by molar-refractivity contribution is 7.58. The average Bonchev–Trinajstić information content (AvgIpc) is 3.15. The average molecular weight is 818 g/mol. The second-order valence-electron chi connectivity index (χ2n) is 10.8. The largest absolute Gasteiger partial charge is 0.207 e. The summed E-state index contributed by atoms with van der Waals surface area (Å²) in [6.45, 7) is 0. The van der Waals surface area contributed by atoms with Crippen LogP contribution in [0.1, 0.15) is 5.56 Å². The van der Waals surface area contributed by atoms with Gasteiger partial charge in [0, 0.05) is 6.42 Å². The van der Waals surface area contributed by atoms with E-state index in [1.165, 1.54) is 5.56 Å². The Bertz CT molecular complexity index is 1910. The van der Waals surface area contributed by atoms with Crippen molar-refractivity contribution in [3.05, 3.63) is 152 Å². The summed E-state index contributed by atoms with van der Waals surface area (Å²) < 4.78 is 294. The molecule has 0 aliphatic rings. The molecule has 54 heavy (non-hydrogen) atoms. The summed E-state index contributed by atoms with van der Waals surface area (Å²) in [5, 5.41) is 0. The number of hydrogen-bond acceptors (Lipinski definition) is 0. The van der Waals surface area contributed by atoms with Crippen LogP contribution in [-0.4, -0.2) is 11.9 Å². The van der Waals surface area contributed by atoms with Gasteiger partial charge in [0.25, 0.3) is 0 Å². The number of benzene rings is 5. The van der Waals surface area contributed by atoms with Gasteiger partial charge in [-0.1, -0.05) is 30.3 Å². The van der Waals surface area contributed by atoms with Gasteiger partial charge in [-0.2, -0.15) is 0 Å². The predicted molar refractivity (Wildman–Crippen MR) is 154 cm³/mol. The van der Waals surface area contributed by atoms with E-state index < -0.39 is 144 Å². The van der Waals surface area contributed by atoms with Crippen LogP contribution in [0.5, 0.6) is 0 Å². The first-order valence-electron chi connectivity index (χ1n) is 14.1. The molecule has 22 heteroatoms. The highest BCUT2D eigenvalue weighted by Gasteiger charge is 2.52. The van der Waals surface area contributed by atoms with E-state index in [-0.39, 0.29) is 0 Å². The summed E-state index contributed by atoms with van der Waals surface area (Å²) >= 11 is 3.43. The van der Waals surface area contributed by atoms with Gasteiger partial charge < -0.3 is 0 Å². The third-order valence-electron chi connectivity index (χ3n) is 7.96. The fourth-order valence-corrected chi connectivity index (χ4v) is 5.95. The summed E-state index contributed by atoms with van der Waals surface area (Å²) in [6.07, 6.45) is -6.09. The van der Waals surface area contributed by atoms with Crippen LogP contribution in [0.4, 0.5) is 87.8 Å². The molecule has 0 spiro atoms. The van der Waals surface area contributed by atoms with E-state index >= 15 is 35.1 Å². The second-order valence-corrected chi connectivity index (χ2v) is 11.3. The Balaban J connectivity index is 0.000000631. The van der Waals surface area contributed by atoms with Crippen LogP contribution in [-0.2, 0) is 19.0 Å². The van der Waals surface area contributed by atoms with E-state index in [0.29, 0.717) is 0 Å². The van der Waals surface area contributed by atoms with Crippen molar-refractivity contribution in [1.29, 1.82) is 0 Å². The predicted octanol–water partition coefficient (Wildman–Crippen LogP) is 7.09. The number of halogens is 20. The Morgan fingerprint density at radius 2 is 0.481 bits per heavy atom. The summed E-state index contributed by atoms with van der Waals surface area (Å²) in [6, 6.07) is 10.5. The van der Waals surface area contributed by atoms with Crippen molar-refractivity contribution in [2.75, 3.05) is 5.75 Å². The van der Waals surface area contributed by atoms with E-state index in [4.69, 9.17) is 0 Å². The molecule has 0 nitrogen and oxygen atoms in total. The quantitative estimate of drug-likeness (QED) is 0.0566. The van der Waals surface area contributed by atoms with Crippen LogP contribution in [0.2, 0.25) is 0 Å². The fraction of sp³-hybridized carbons (Fsp3) is 0.0625. The topological polar surface area (TPSA) is 0 Å². The zero-order chi connectivity index (χ0) is 40.9. The van der Waals surface area contributed by atoms with Crippen molar-refractivity contribution >= 4 is 40.6 Å². The minimum absolute atomic E-state index is 1.05. The van der Waals surface area contributed by atoms with Crippen molar-refractivity contribution < 1.29 is 87.8 Å². The van der Waals surface area contributed by atoms with Gasteiger partial charge in [-0.05, 0) is 18.2 Å². The molecule has 0 amide bonds. The lowest BCUT2D eigenvalue weighted by atomic mass is 9.12. The monoisotopic (exact) mass is 818 g/mol. The second kappa shape index (κ2) is 15.5. The maximum Gasteiger partial charge on any atom is 0.200 e. The van der Waals surface area contributed by atoms with Crippen molar-refractivity contribution in [3.63, 3.8) is 0 Å². The Morgan fingerprint density at radius 1 is 0.296 bits per heavy atom. The SMILES string of the molecule is Fc1c(F)c(F)c([B-](c2c(F)c(F)c(F)c(F)c2F)(c2c(F)c(F)c(F)c(F)c2F)c2c(F)c(F)c(F)c(F)c2F)c(F)c1F.[SH2+]CCc1ccccc1. The summed E-state index contributed by atoms with van der Waals surface area (Å²) in [7, 11) is 0. The lowest BCUT2D eigenvalue weighted by molar-refractivity contribution is 0.378. The number of hydrogen-bond donors (Lipinski definition) is 0. The Kier molecular flexibility index (Phi) is 12.0. The highest BCUT2D eigenvalue weighted by Crippen LogP contribution is 2.30. The van der Waals surface area contributed by atoms with Crippen molar-refractivity contribution in [2.45, 2.75) is 6.42 Å². The normalized spacial score (nSPS) is 11.6. The van der Waals surface area contributed by atoms with Crippen LogP contribution >= 0.6 is 0 Å². The van der Waals surface area contributed by atoms with Crippen molar-refractivity contribution in [1.82, 2.24) is 0 Å². The van der Waals surface area contributed by atoms with Crippen LogP contribution in [0.3, 0.4) is 0 Å². The summed E-state index contributed by atoms with van der Waals surface area (Å²) in [4.78, 5) is 0. The molecule has 0 heterocycles. The first kappa shape index (κ1) is 41.9. The molecule has 5 rings (SSSR count). The molecule has 0 aliphatic carbocycles. The standard InChI is InChI=1S/C24BF20.C8H10S/c26-5-1(6(27)14(35)21(42)13(5)34)25(2-7(28)15(36)22(43)16(37)8(2)29,3-9(30)17(38)23(44)18(39)10(3)31)4-11(32)19(40)24(45)20(41)12(4)33;9-7-6-8-4-2-1-3-5-8/h;1-5,9H,6-7H2/q-1;/p+1. The molecule has 5 aromatic carbocycles. The lowest BCUT2D eigenvalue weighted by Gasteiger charge is -2.44. The van der Waals surface area contributed by atoms with Gasteiger partial charge in [-0.25, -0.2) is 87.8 Å². The Morgan fingerprint density at radius 3 is 0.667 bits per heavy atom. The lowest BCUT2D eigenvalue weighted by Crippen LogP contribution is -2.81. The molecule has 0 fully saturated rings. The van der Waals surface area contributed by atoms with E-state index in [2.05, 4.69) is 36.9 Å². The summed E-state index contributed by atoms with van der Waals surface area (Å²) in [5.74, 6) is -70.4. The van der Waals surface area contributed by atoms with Gasteiger partial charge >= 0.3 is 0 Å². The molecule has 0 aromatic heterocycles. The first-order chi connectivity index (χ1) is 25.1. The molecule has 0 bridgehead atoms. The zero-order valence-corrected chi connectivity index (χ0v) is 26.4. The van der Waals surface area contributed by atoms with E-state index in [1.807, 2.05) is 6.07 Å². The Labute approximate surface area is 293 Å². The van der Waals surface area contributed by atoms with Crippen LogP contribution in [0, 0.1) is 116 Å². The smallest absolute Gasteiger partial charge is 0.200 e. The van der Waals surface area contributed by atoms with E-state index in [1.54, 1.807) is 0 Å². The van der Waals surface area contributed by atoms with Gasteiger partial charge in [0.05, 0.1) is 0 Å².